The second-order valence-corrected chi connectivity index (χ2v) is 3.56. The van der Waals surface area contributed by atoms with Gasteiger partial charge >= 0.3 is 6.03 Å². The normalized spacial score (nSPS) is 11.3. The zero-order chi connectivity index (χ0) is 9.07. The van der Waals surface area contributed by atoms with Crippen molar-refractivity contribution in [1.29, 1.82) is 0 Å². The van der Waals surface area contributed by atoms with Crippen LogP contribution in [0.5, 0.6) is 0 Å². The highest BCUT2D eigenvalue weighted by Crippen LogP contribution is 2.13. The molecule has 0 radical (unpaired) electrons. The molecule has 4 N–H and O–H groups in total. The van der Waals surface area contributed by atoms with Crippen LogP contribution >= 0.6 is 0 Å². The van der Waals surface area contributed by atoms with Crippen LogP contribution in [0.2, 0.25) is 0 Å². The molecular weight excluding hydrogens is 142 g/mol. The lowest BCUT2D eigenvalue weighted by atomic mass is 9.93. The van der Waals surface area contributed by atoms with Gasteiger partial charge < -0.3 is 16.4 Å². The third-order valence-corrected chi connectivity index (χ3v) is 1.59. The number of nitrogens with zero attached hydrogens (tertiary/aromatic N) is 1. The minimum absolute atomic E-state index is 0.0518. The van der Waals surface area contributed by atoms with E-state index in [4.69, 9.17) is 11.5 Å². The highest BCUT2D eigenvalue weighted by atomic mass is 16.2. The first-order valence-corrected chi connectivity index (χ1v) is 3.60. The SMILES string of the molecule is CN(CC(C)(C)CN)C(N)=O. The molecule has 0 aromatic rings. The number of rotatable bonds is 3. The molecule has 66 valence electrons. The molecule has 0 aromatic heterocycles. The maximum Gasteiger partial charge on any atom is 0.314 e. The molecule has 0 bridgehead atoms. The summed E-state index contributed by atoms with van der Waals surface area (Å²) in [6.07, 6.45) is 0. The van der Waals surface area contributed by atoms with Crippen LogP contribution in [-0.4, -0.2) is 31.1 Å². The summed E-state index contributed by atoms with van der Waals surface area (Å²) in [4.78, 5) is 12.1. The molecule has 11 heavy (non-hydrogen) atoms. The summed E-state index contributed by atoms with van der Waals surface area (Å²) in [6, 6.07) is -0.411. The standard InChI is InChI=1S/C7H17N3O/c1-7(2,4-8)5-10(3)6(9)11/h4-5,8H2,1-3H3,(H2,9,11). The highest BCUT2D eigenvalue weighted by Gasteiger charge is 2.19. The van der Waals surface area contributed by atoms with Gasteiger partial charge in [-0.1, -0.05) is 13.8 Å². The zero-order valence-corrected chi connectivity index (χ0v) is 7.42. The molecule has 0 unspecified atom stereocenters. The molecule has 0 rings (SSSR count). The monoisotopic (exact) mass is 159 g/mol. The highest BCUT2D eigenvalue weighted by molar-refractivity contribution is 5.71. The van der Waals surface area contributed by atoms with E-state index in [2.05, 4.69) is 0 Å². The van der Waals surface area contributed by atoms with E-state index in [1.165, 1.54) is 4.90 Å². The van der Waals surface area contributed by atoms with E-state index in [-0.39, 0.29) is 5.41 Å². The van der Waals surface area contributed by atoms with Gasteiger partial charge in [0.15, 0.2) is 0 Å². The van der Waals surface area contributed by atoms with Crippen molar-refractivity contribution in [3.05, 3.63) is 0 Å². The molecule has 0 saturated heterocycles. The second-order valence-electron chi connectivity index (χ2n) is 3.56. The summed E-state index contributed by atoms with van der Waals surface area (Å²) < 4.78 is 0. The van der Waals surface area contributed by atoms with Gasteiger partial charge in [-0.15, -0.1) is 0 Å². The van der Waals surface area contributed by atoms with Crippen molar-refractivity contribution < 1.29 is 4.79 Å². The quantitative estimate of drug-likeness (QED) is 0.607. The summed E-state index contributed by atoms with van der Waals surface area (Å²) in [5.41, 5.74) is 10.5. The molecule has 0 aliphatic rings. The van der Waals surface area contributed by atoms with E-state index >= 15 is 0 Å². The van der Waals surface area contributed by atoms with Crippen molar-refractivity contribution in [3.8, 4) is 0 Å². The van der Waals surface area contributed by atoms with Crippen LogP contribution in [0, 0.1) is 5.41 Å². The van der Waals surface area contributed by atoms with Gasteiger partial charge in [-0.3, -0.25) is 0 Å². The Morgan fingerprint density at radius 3 is 2.27 bits per heavy atom. The number of amides is 2. The van der Waals surface area contributed by atoms with Gasteiger partial charge in [0.2, 0.25) is 0 Å². The Balaban J connectivity index is 3.93. The van der Waals surface area contributed by atoms with Crippen molar-refractivity contribution in [3.63, 3.8) is 0 Å². The maximum atomic E-state index is 10.6. The number of hydrogen-bond acceptors (Lipinski definition) is 2. The third kappa shape index (κ3) is 3.83. The van der Waals surface area contributed by atoms with E-state index in [1.54, 1.807) is 7.05 Å². The minimum Gasteiger partial charge on any atom is -0.351 e. The molecule has 0 fully saturated rings. The average molecular weight is 159 g/mol. The first kappa shape index (κ1) is 10.2. The van der Waals surface area contributed by atoms with Crippen molar-refractivity contribution in [2.75, 3.05) is 20.1 Å². The van der Waals surface area contributed by atoms with Crippen molar-refractivity contribution >= 4 is 6.03 Å². The van der Waals surface area contributed by atoms with Gasteiger partial charge in [0.05, 0.1) is 0 Å². The number of nitrogens with two attached hydrogens (primary N) is 2. The fraction of sp³-hybridized carbons (Fsp3) is 0.857. The summed E-state index contributed by atoms with van der Waals surface area (Å²) in [5.74, 6) is 0. The Kier molecular flexibility index (Phi) is 3.32. The molecule has 0 heterocycles. The van der Waals surface area contributed by atoms with Crippen LogP contribution < -0.4 is 11.5 Å². The van der Waals surface area contributed by atoms with Gasteiger partial charge in [0.25, 0.3) is 0 Å². The zero-order valence-electron chi connectivity index (χ0n) is 7.42. The fourth-order valence-electron chi connectivity index (χ4n) is 0.785. The Morgan fingerprint density at radius 2 is 2.00 bits per heavy atom. The second kappa shape index (κ2) is 3.57. The lowest BCUT2D eigenvalue weighted by Crippen LogP contribution is -2.42. The van der Waals surface area contributed by atoms with Gasteiger partial charge in [-0.25, -0.2) is 4.79 Å². The topological polar surface area (TPSA) is 72.3 Å². The Morgan fingerprint density at radius 1 is 1.55 bits per heavy atom. The molecule has 2 amide bonds. The molecule has 0 atom stereocenters. The summed E-state index contributed by atoms with van der Waals surface area (Å²) in [5, 5.41) is 0. The van der Waals surface area contributed by atoms with E-state index in [0.717, 1.165) is 0 Å². The van der Waals surface area contributed by atoms with Crippen LogP contribution in [-0.2, 0) is 0 Å². The summed E-state index contributed by atoms with van der Waals surface area (Å²) >= 11 is 0. The summed E-state index contributed by atoms with van der Waals surface area (Å²) in [7, 11) is 1.67. The molecule has 4 nitrogen and oxygen atoms in total. The maximum absolute atomic E-state index is 10.6. The molecule has 0 aliphatic heterocycles. The van der Waals surface area contributed by atoms with E-state index < -0.39 is 6.03 Å². The Hall–Kier alpha value is -0.770. The van der Waals surface area contributed by atoms with E-state index in [0.29, 0.717) is 13.1 Å². The van der Waals surface area contributed by atoms with Crippen LogP contribution in [0.3, 0.4) is 0 Å². The summed E-state index contributed by atoms with van der Waals surface area (Å²) in [6.45, 7) is 5.13. The molecule has 4 heteroatoms. The average Bonchev–Trinajstić information content (AvgIpc) is 1.87. The Labute approximate surface area is 67.5 Å². The van der Waals surface area contributed by atoms with E-state index in [9.17, 15) is 4.79 Å². The van der Waals surface area contributed by atoms with Gasteiger partial charge in [-0.05, 0) is 12.0 Å². The van der Waals surface area contributed by atoms with Crippen molar-refractivity contribution in [1.82, 2.24) is 4.90 Å². The predicted molar refractivity (Wildman–Crippen MR) is 45.0 cm³/mol. The van der Waals surface area contributed by atoms with Crippen molar-refractivity contribution in [2.24, 2.45) is 16.9 Å². The molecule has 0 spiro atoms. The number of hydrogen-bond donors (Lipinski definition) is 2. The molecule has 0 saturated carbocycles. The van der Waals surface area contributed by atoms with Crippen LogP contribution in [0.15, 0.2) is 0 Å². The number of carbonyl (C=O) groups is 1. The number of urea groups is 1. The van der Waals surface area contributed by atoms with Crippen LogP contribution in [0.1, 0.15) is 13.8 Å². The van der Waals surface area contributed by atoms with Gasteiger partial charge in [0, 0.05) is 13.6 Å². The fourth-order valence-corrected chi connectivity index (χ4v) is 0.785. The lowest BCUT2D eigenvalue weighted by molar-refractivity contribution is 0.193. The van der Waals surface area contributed by atoms with Crippen LogP contribution in [0.4, 0.5) is 4.79 Å². The van der Waals surface area contributed by atoms with E-state index in [1.807, 2.05) is 13.8 Å². The largest absolute Gasteiger partial charge is 0.351 e. The van der Waals surface area contributed by atoms with Gasteiger partial charge in [0.1, 0.15) is 0 Å². The van der Waals surface area contributed by atoms with Crippen LogP contribution in [0.25, 0.3) is 0 Å². The number of primary amides is 1. The Bertz CT molecular complexity index is 145. The third-order valence-electron chi connectivity index (χ3n) is 1.59. The first-order valence-electron chi connectivity index (χ1n) is 3.60. The molecular formula is C7H17N3O. The molecule has 0 aromatic carbocycles. The lowest BCUT2D eigenvalue weighted by Gasteiger charge is -2.27. The van der Waals surface area contributed by atoms with Gasteiger partial charge in [-0.2, -0.15) is 0 Å². The molecule has 0 aliphatic carbocycles. The van der Waals surface area contributed by atoms with Crippen molar-refractivity contribution in [2.45, 2.75) is 13.8 Å². The smallest absolute Gasteiger partial charge is 0.314 e. The predicted octanol–water partition coefficient (Wildman–Crippen LogP) is -0.0182. The minimum atomic E-state index is -0.411. The first-order chi connectivity index (χ1) is 4.89. The number of carbonyl (C=O) groups excluding carboxylic acids is 1.